The van der Waals surface area contributed by atoms with Gasteiger partial charge >= 0.3 is 0 Å². The summed E-state index contributed by atoms with van der Waals surface area (Å²) in [5.74, 6) is -1.79. The van der Waals surface area contributed by atoms with Crippen LogP contribution in [0, 0.1) is 11.6 Å². The van der Waals surface area contributed by atoms with Crippen molar-refractivity contribution in [2.45, 2.75) is 25.5 Å². The molecule has 4 aromatic rings. The number of halogens is 2. The number of fused-ring (bicyclic) bond motifs is 1. The van der Waals surface area contributed by atoms with Gasteiger partial charge in [0.15, 0.2) is 11.5 Å². The molecule has 0 spiro atoms. The average Bonchev–Trinajstić information content (AvgIpc) is 3.60. The maximum Gasteiger partial charge on any atom is 0.256 e. The minimum Gasteiger partial charge on any atom is -0.365 e. The minimum atomic E-state index is -0.837. The number of nitrogens with zero attached hydrogens (tertiary/aromatic N) is 6. The van der Waals surface area contributed by atoms with Crippen LogP contribution in [-0.4, -0.2) is 42.9 Å². The van der Waals surface area contributed by atoms with Gasteiger partial charge in [0, 0.05) is 24.6 Å². The van der Waals surface area contributed by atoms with Gasteiger partial charge in [-0.1, -0.05) is 11.8 Å². The topological polar surface area (TPSA) is 124 Å². The second-order valence-electron chi connectivity index (χ2n) is 8.75. The van der Waals surface area contributed by atoms with Gasteiger partial charge in [-0.05, 0) is 43.5 Å². The van der Waals surface area contributed by atoms with E-state index in [0.29, 0.717) is 33.9 Å². The number of amides is 1. The highest BCUT2D eigenvalue weighted by Crippen LogP contribution is 2.38. The Labute approximate surface area is 219 Å². The summed E-state index contributed by atoms with van der Waals surface area (Å²) in [5.41, 5.74) is 7.10. The maximum atomic E-state index is 15.6. The van der Waals surface area contributed by atoms with E-state index in [4.69, 9.17) is 10.5 Å². The quantitative estimate of drug-likeness (QED) is 0.368. The molecule has 3 aromatic heterocycles. The van der Waals surface area contributed by atoms with Gasteiger partial charge in [0.05, 0.1) is 22.8 Å². The fraction of sp³-hybridized carbons (Fsp3) is 0.240. The first kappa shape index (κ1) is 24.2. The van der Waals surface area contributed by atoms with Crippen molar-refractivity contribution < 1.29 is 18.3 Å². The number of carbonyl (C=O) groups excluding carboxylic acids is 1. The lowest BCUT2D eigenvalue weighted by atomic mass is 10.1. The number of nitrogens with one attached hydrogen (secondary N) is 1. The molecule has 0 radical (unpaired) electrons. The van der Waals surface area contributed by atoms with Crippen LogP contribution in [0.1, 0.15) is 25.5 Å². The Hall–Kier alpha value is -4.10. The molecule has 10 nitrogen and oxygen atoms in total. The zero-order valence-electron chi connectivity index (χ0n) is 20.0. The lowest BCUT2D eigenvalue weighted by Crippen LogP contribution is -2.17. The number of aromatic nitrogens is 5. The number of ether oxygens (including phenoxy) is 1. The molecule has 194 valence electrons. The molecule has 3 N–H and O–H groups in total. The SMILES string of the molecule is NC(=O)C1=CN(c2ccc(F)c(Nc3ncccc3-c3ncnc4c3ncn4C3CCCCO3)c2F)CS1. The van der Waals surface area contributed by atoms with Crippen LogP contribution in [0.2, 0.25) is 0 Å². The number of hydrogen-bond acceptors (Lipinski definition) is 9. The number of nitrogens with two attached hydrogens (primary N) is 1. The van der Waals surface area contributed by atoms with Gasteiger partial charge in [-0.3, -0.25) is 9.36 Å². The summed E-state index contributed by atoms with van der Waals surface area (Å²) in [7, 11) is 0. The predicted molar refractivity (Wildman–Crippen MR) is 139 cm³/mol. The number of thioether (sulfide) groups is 1. The standard InChI is InChI=1S/C25H22F2N8O2S/c26-15-6-7-16(34-10-17(23(28)36)38-13-34)19(27)21(15)33-24-14(4-3-8-29-24)20-22-25(31-11-30-20)35(12-32-22)18-5-1-2-9-37-18/h3-4,6-8,10-12,18H,1-2,5,9,13H2,(H2,28,36)(H,29,33). The number of primary amides is 1. The van der Waals surface area contributed by atoms with Crippen molar-refractivity contribution in [3.05, 3.63) is 65.9 Å². The summed E-state index contributed by atoms with van der Waals surface area (Å²) < 4.78 is 38.3. The molecule has 2 aliphatic heterocycles. The van der Waals surface area contributed by atoms with E-state index in [9.17, 15) is 9.18 Å². The Morgan fingerprint density at radius 1 is 1.16 bits per heavy atom. The molecular weight excluding hydrogens is 514 g/mol. The number of pyridine rings is 1. The van der Waals surface area contributed by atoms with Gasteiger partial charge < -0.3 is 20.7 Å². The molecule has 5 heterocycles. The minimum absolute atomic E-state index is 0.0887. The number of hydrogen-bond donors (Lipinski definition) is 2. The number of rotatable bonds is 6. The summed E-state index contributed by atoms with van der Waals surface area (Å²) >= 11 is 1.18. The molecule has 0 bridgehead atoms. The summed E-state index contributed by atoms with van der Waals surface area (Å²) in [5, 5.41) is 2.81. The number of imidazole rings is 1. The summed E-state index contributed by atoms with van der Waals surface area (Å²) in [4.78, 5) is 31.0. The van der Waals surface area contributed by atoms with E-state index in [0.717, 1.165) is 25.3 Å². The summed E-state index contributed by atoms with van der Waals surface area (Å²) in [6, 6.07) is 5.91. The largest absolute Gasteiger partial charge is 0.365 e. The van der Waals surface area contributed by atoms with Crippen molar-refractivity contribution in [3.8, 4) is 11.3 Å². The van der Waals surface area contributed by atoms with Crippen molar-refractivity contribution in [2.24, 2.45) is 5.73 Å². The fourth-order valence-electron chi connectivity index (χ4n) is 4.52. The fourth-order valence-corrected chi connectivity index (χ4v) is 5.36. The van der Waals surface area contributed by atoms with E-state index in [1.165, 1.54) is 41.5 Å². The van der Waals surface area contributed by atoms with Crippen molar-refractivity contribution >= 4 is 46.0 Å². The van der Waals surface area contributed by atoms with Crippen molar-refractivity contribution in [3.63, 3.8) is 0 Å². The van der Waals surface area contributed by atoms with Crippen LogP contribution in [0.4, 0.5) is 26.0 Å². The van der Waals surface area contributed by atoms with Crippen LogP contribution >= 0.6 is 11.8 Å². The number of benzene rings is 1. The van der Waals surface area contributed by atoms with Crippen LogP contribution in [0.15, 0.2) is 54.2 Å². The van der Waals surface area contributed by atoms with E-state index >= 15 is 4.39 Å². The van der Waals surface area contributed by atoms with E-state index in [2.05, 4.69) is 25.3 Å². The molecule has 1 aromatic carbocycles. The van der Waals surface area contributed by atoms with E-state index in [1.54, 1.807) is 18.5 Å². The van der Waals surface area contributed by atoms with E-state index < -0.39 is 17.5 Å². The second-order valence-corrected chi connectivity index (χ2v) is 9.74. The summed E-state index contributed by atoms with van der Waals surface area (Å²) in [6.07, 6.45) is 8.80. The Morgan fingerprint density at radius 3 is 2.84 bits per heavy atom. The zero-order valence-corrected chi connectivity index (χ0v) is 20.8. The van der Waals surface area contributed by atoms with Crippen LogP contribution < -0.4 is 16.0 Å². The Morgan fingerprint density at radius 2 is 2.05 bits per heavy atom. The molecule has 1 atom stereocenters. The van der Waals surface area contributed by atoms with Crippen LogP contribution in [-0.2, 0) is 9.53 Å². The normalized spacial score (nSPS) is 17.6. The van der Waals surface area contributed by atoms with Gasteiger partial charge in [-0.15, -0.1) is 0 Å². The highest BCUT2D eigenvalue weighted by molar-refractivity contribution is 8.04. The smallest absolute Gasteiger partial charge is 0.256 e. The Bertz CT molecular complexity index is 1570. The van der Waals surface area contributed by atoms with Gasteiger partial charge in [0.2, 0.25) is 0 Å². The first-order valence-corrected chi connectivity index (χ1v) is 12.9. The Balaban J connectivity index is 1.38. The molecular formula is C25H22F2N8O2S. The number of anilines is 3. The van der Waals surface area contributed by atoms with Crippen LogP contribution in [0.3, 0.4) is 0 Å². The highest BCUT2D eigenvalue weighted by Gasteiger charge is 2.25. The summed E-state index contributed by atoms with van der Waals surface area (Å²) in [6.45, 7) is 0.672. The van der Waals surface area contributed by atoms with Gasteiger partial charge in [-0.25, -0.2) is 28.7 Å². The molecule has 1 amide bonds. The Kier molecular flexibility index (Phi) is 6.37. The molecule has 0 saturated carbocycles. The van der Waals surface area contributed by atoms with E-state index in [1.807, 2.05) is 4.57 Å². The predicted octanol–water partition coefficient (Wildman–Crippen LogP) is 4.45. The van der Waals surface area contributed by atoms with Crippen LogP contribution in [0.5, 0.6) is 0 Å². The lowest BCUT2D eigenvalue weighted by Gasteiger charge is -2.23. The monoisotopic (exact) mass is 536 g/mol. The third kappa shape index (κ3) is 4.33. The van der Waals surface area contributed by atoms with Gasteiger partial charge in [-0.2, -0.15) is 0 Å². The maximum absolute atomic E-state index is 15.6. The molecule has 6 rings (SSSR count). The van der Waals surface area contributed by atoms with Crippen molar-refractivity contribution in [1.82, 2.24) is 24.5 Å². The van der Waals surface area contributed by atoms with E-state index in [-0.39, 0.29) is 29.3 Å². The van der Waals surface area contributed by atoms with Crippen molar-refractivity contribution in [2.75, 3.05) is 22.7 Å². The second kappa shape index (κ2) is 9.99. The molecule has 38 heavy (non-hydrogen) atoms. The molecule has 0 aliphatic carbocycles. The average molecular weight is 537 g/mol. The first-order chi connectivity index (χ1) is 18.5. The molecule has 1 fully saturated rings. The lowest BCUT2D eigenvalue weighted by molar-refractivity contribution is -0.113. The molecule has 1 unspecified atom stereocenters. The third-order valence-corrected chi connectivity index (χ3v) is 7.41. The molecule has 1 saturated heterocycles. The highest BCUT2D eigenvalue weighted by atomic mass is 32.2. The number of carbonyl (C=O) groups is 1. The van der Waals surface area contributed by atoms with Crippen molar-refractivity contribution in [1.29, 1.82) is 0 Å². The zero-order chi connectivity index (χ0) is 26.2. The molecule has 13 heteroatoms. The molecule has 2 aliphatic rings. The van der Waals surface area contributed by atoms with Crippen LogP contribution in [0.25, 0.3) is 22.4 Å². The van der Waals surface area contributed by atoms with Gasteiger partial charge in [0.1, 0.15) is 41.1 Å². The third-order valence-electron chi connectivity index (χ3n) is 6.39. The van der Waals surface area contributed by atoms with Gasteiger partial charge in [0.25, 0.3) is 5.91 Å². The first-order valence-electron chi connectivity index (χ1n) is 11.9.